The summed E-state index contributed by atoms with van der Waals surface area (Å²) < 4.78 is 5.58. The predicted octanol–water partition coefficient (Wildman–Crippen LogP) is 3.36. The molecule has 0 aromatic carbocycles. The van der Waals surface area contributed by atoms with Crippen LogP contribution in [0.3, 0.4) is 0 Å². The van der Waals surface area contributed by atoms with Crippen molar-refractivity contribution in [3.05, 3.63) is 12.7 Å². The number of Topliss-reactive ketones (excluding diaryl/α,β-unsaturated/α-hetero) is 1. The van der Waals surface area contributed by atoms with Gasteiger partial charge in [-0.05, 0) is 17.8 Å². The molecule has 1 rings (SSSR count). The zero-order valence-electron chi connectivity index (χ0n) is 10.8. The molecule has 1 atom stereocenters. The summed E-state index contributed by atoms with van der Waals surface area (Å²) in [5, 5.41) is 0. The topological polar surface area (TPSA) is 26.3 Å². The van der Waals surface area contributed by atoms with Crippen LogP contribution in [-0.2, 0) is 9.53 Å². The van der Waals surface area contributed by atoms with Crippen LogP contribution in [0.25, 0.3) is 0 Å². The molecule has 0 aromatic rings. The highest BCUT2D eigenvalue weighted by Gasteiger charge is 2.31. The number of ether oxygens (including phenoxy) is 1. The Bertz CT molecular complexity index is 246. The highest BCUT2D eigenvalue weighted by Crippen LogP contribution is 2.35. The van der Waals surface area contributed by atoms with Gasteiger partial charge in [-0.25, -0.2) is 0 Å². The first kappa shape index (κ1) is 13.4. The Labute approximate surface area is 99.1 Å². The first-order valence-electron chi connectivity index (χ1n) is 6.17. The summed E-state index contributed by atoms with van der Waals surface area (Å²) in [6.45, 7) is 10.4. The Balaban J connectivity index is 2.45. The van der Waals surface area contributed by atoms with Crippen molar-refractivity contribution < 1.29 is 9.53 Å². The Morgan fingerprint density at radius 3 is 2.56 bits per heavy atom. The van der Waals surface area contributed by atoms with E-state index in [1.807, 2.05) is 0 Å². The summed E-state index contributed by atoms with van der Waals surface area (Å²) in [5.41, 5.74) is 0.0520. The lowest BCUT2D eigenvalue weighted by Gasteiger charge is -2.22. The van der Waals surface area contributed by atoms with Crippen LogP contribution in [-0.4, -0.2) is 18.5 Å². The molecule has 0 amide bonds. The largest absolute Gasteiger partial charge is 0.366 e. The van der Waals surface area contributed by atoms with Gasteiger partial charge in [0.2, 0.25) is 0 Å². The molecule has 1 fully saturated rings. The minimum absolute atomic E-state index is 0.0520. The molecule has 1 aliphatic carbocycles. The smallest absolute Gasteiger partial charge is 0.162 e. The van der Waals surface area contributed by atoms with Gasteiger partial charge in [0.1, 0.15) is 6.10 Å². The Kier molecular flexibility index (Phi) is 4.72. The van der Waals surface area contributed by atoms with Crippen molar-refractivity contribution in [3.8, 4) is 0 Å². The van der Waals surface area contributed by atoms with Crippen molar-refractivity contribution in [1.82, 2.24) is 0 Å². The minimum atomic E-state index is -0.204. The first-order chi connectivity index (χ1) is 7.42. The van der Waals surface area contributed by atoms with Gasteiger partial charge in [-0.3, -0.25) is 4.79 Å². The molecule has 0 aliphatic heterocycles. The van der Waals surface area contributed by atoms with Crippen LogP contribution in [0.15, 0.2) is 12.7 Å². The van der Waals surface area contributed by atoms with Gasteiger partial charge >= 0.3 is 0 Å². The third kappa shape index (κ3) is 5.45. The fourth-order valence-electron chi connectivity index (χ4n) is 1.77. The predicted molar refractivity (Wildman–Crippen MR) is 66.4 cm³/mol. The van der Waals surface area contributed by atoms with Crippen LogP contribution in [0, 0.1) is 11.3 Å². The molecule has 2 nitrogen and oxygen atoms in total. The second-order valence-corrected chi connectivity index (χ2v) is 5.99. The number of hydrogen-bond donors (Lipinski definition) is 0. The zero-order valence-corrected chi connectivity index (χ0v) is 10.8. The fraction of sp³-hybridized carbons (Fsp3) is 0.786. The van der Waals surface area contributed by atoms with Crippen LogP contribution < -0.4 is 0 Å². The summed E-state index contributed by atoms with van der Waals surface area (Å²) in [5.74, 6) is 0.972. The SMILES string of the molecule is C=CCOC(CC1CC1)C(=O)CC(C)(C)C. The van der Waals surface area contributed by atoms with E-state index in [2.05, 4.69) is 27.4 Å². The van der Waals surface area contributed by atoms with E-state index in [-0.39, 0.29) is 17.3 Å². The third-order valence-corrected chi connectivity index (χ3v) is 2.72. The van der Waals surface area contributed by atoms with Crippen LogP contribution in [0.4, 0.5) is 0 Å². The number of carbonyl (C=O) groups is 1. The zero-order chi connectivity index (χ0) is 12.2. The highest BCUT2D eigenvalue weighted by molar-refractivity contribution is 5.83. The summed E-state index contributed by atoms with van der Waals surface area (Å²) in [7, 11) is 0. The van der Waals surface area contributed by atoms with Gasteiger partial charge in [-0.2, -0.15) is 0 Å². The summed E-state index contributed by atoms with van der Waals surface area (Å²) in [4.78, 5) is 12.1. The van der Waals surface area contributed by atoms with Gasteiger partial charge in [0.05, 0.1) is 6.61 Å². The van der Waals surface area contributed by atoms with E-state index >= 15 is 0 Å². The van der Waals surface area contributed by atoms with Crippen molar-refractivity contribution >= 4 is 5.78 Å². The van der Waals surface area contributed by atoms with E-state index < -0.39 is 0 Å². The lowest BCUT2D eigenvalue weighted by molar-refractivity contribution is -0.132. The molecular formula is C14H24O2. The normalized spacial score (nSPS) is 18.2. The van der Waals surface area contributed by atoms with Crippen molar-refractivity contribution in [2.45, 2.75) is 52.6 Å². The van der Waals surface area contributed by atoms with Crippen LogP contribution in [0.1, 0.15) is 46.5 Å². The molecule has 0 heterocycles. The molecule has 16 heavy (non-hydrogen) atoms. The van der Waals surface area contributed by atoms with Crippen molar-refractivity contribution in [2.75, 3.05) is 6.61 Å². The maximum absolute atomic E-state index is 12.1. The molecule has 0 N–H and O–H groups in total. The minimum Gasteiger partial charge on any atom is -0.366 e. The van der Waals surface area contributed by atoms with Crippen molar-refractivity contribution in [1.29, 1.82) is 0 Å². The maximum atomic E-state index is 12.1. The lowest BCUT2D eigenvalue weighted by atomic mass is 9.87. The van der Waals surface area contributed by atoms with Gasteiger partial charge in [0.25, 0.3) is 0 Å². The molecule has 1 unspecified atom stereocenters. The van der Waals surface area contributed by atoms with Gasteiger partial charge in [-0.15, -0.1) is 6.58 Å². The summed E-state index contributed by atoms with van der Waals surface area (Å²) in [6, 6.07) is 0. The van der Waals surface area contributed by atoms with E-state index in [1.54, 1.807) is 6.08 Å². The van der Waals surface area contributed by atoms with E-state index in [1.165, 1.54) is 12.8 Å². The second kappa shape index (κ2) is 5.62. The summed E-state index contributed by atoms with van der Waals surface area (Å²) >= 11 is 0. The second-order valence-electron chi connectivity index (χ2n) is 5.99. The van der Waals surface area contributed by atoms with Gasteiger partial charge in [0.15, 0.2) is 5.78 Å². The van der Waals surface area contributed by atoms with Crippen LogP contribution in [0.5, 0.6) is 0 Å². The average molecular weight is 224 g/mol. The molecular weight excluding hydrogens is 200 g/mol. The van der Waals surface area contributed by atoms with Crippen molar-refractivity contribution in [3.63, 3.8) is 0 Å². The van der Waals surface area contributed by atoms with E-state index in [9.17, 15) is 4.79 Å². The Morgan fingerprint density at radius 2 is 2.12 bits per heavy atom. The standard InChI is InChI=1S/C14H24O2/c1-5-8-16-13(9-11-6-7-11)12(15)10-14(2,3)4/h5,11,13H,1,6-10H2,2-4H3. The average Bonchev–Trinajstić information content (AvgIpc) is 2.92. The first-order valence-corrected chi connectivity index (χ1v) is 6.17. The quantitative estimate of drug-likeness (QED) is 0.620. The lowest BCUT2D eigenvalue weighted by Crippen LogP contribution is -2.28. The van der Waals surface area contributed by atoms with Gasteiger partial charge in [0, 0.05) is 6.42 Å². The fourth-order valence-corrected chi connectivity index (χ4v) is 1.77. The number of hydrogen-bond acceptors (Lipinski definition) is 2. The molecule has 0 bridgehead atoms. The number of rotatable bonds is 7. The maximum Gasteiger partial charge on any atom is 0.162 e. The molecule has 1 saturated carbocycles. The molecule has 2 heteroatoms. The molecule has 1 aliphatic rings. The monoisotopic (exact) mass is 224 g/mol. The van der Waals surface area contributed by atoms with Crippen LogP contribution >= 0.6 is 0 Å². The number of carbonyl (C=O) groups excluding carboxylic acids is 1. The van der Waals surface area contributed by atoms with E-state index in [4.69, 9.17) is 4.74 Å². The van der Waals surface area contributed by atoms with Crippen molar-refractivity contribution in [2.24, 2.45) is 11.3 Å². The molecule has 0 aromatic heterocycles. The highest BCUT2D eigenvalue weighted by atomic mass is 16.5. The Morgan fingerprint density at radius 1 is 1.50 bits per heavy atom. The number of ketones is 1. The van der Waals surface area contributed by atoms with Gasteiger partial charge in [-0.1, -0.05) is 39.7 Å². The third-order valence-electron chi connectivity index (χ3n) is 2.72. The van der Waals surface area contributed by atoms with E-state index in [0.717, 1.165) is 12.3 Å². The molecule has 0 spiro atoms. The Hall–Kier alpha value is -0.630. The van der Waals surface area contributed by atoms with Gasteiger partial charge < -0.3 is 4.74 Å². The molecule has 0 saturated heterocycles. The van der Waals surface area contributed by atoms with Crippen LogP contribution in [0.2, 0.25) is 0 Å². The molecule has 0 radical (unpaired) electrons. The summed E-state index contributed by atoms with van der Waals surface area (Å²) in [6.07, 6.45) is 5.53. The van der Waals surface area contributed by atoms with E-state index in [0.29, 0.717) is 13.0 Å². The molecule has 92 valence electrons.